The van der Waals surface area contributed by atoms with E-state index in [1.54, 1.807) is 19.1 Å². The van der Waals surface area contributed by atoms with Crippen molar-refractivity contribution in [2.45, 2.75) is 46.1 Å². The third-order valence-corrected chi connectivity index (χ3v) is 5.33. The summed E-state index contributed by atoms with van der Waals surface area (Å²) in [7, 11) is 3.12. The van der Waals surface area contributed by atoms with E-state index in [1.807, 2.05) is 12.1 Å². The molecule has 0 aliphatic carbocycles. The second-order valence-corrected chi connectivity index (χ2v) is 7.28. The van der Waals surface area contributed by atoms with Crippen molar-refractivity contribution in [2.75, 3.05) is 20.8 Å². The number of amides is 1. The summed E-state index contributed by atoms with van der Waals surface area (Å²) in [6.07, 6.45) is 0.980. The first-order valence-corrected chi connectivity index (χ1v) is 9.04. The summed E-state index contributed by atoms with van der Waals surface area (Å²) < 4.78 is 10.7. The van der Waals surface area contributed by atoms with Crippen LogP contribution in [0.5, 0.6) is 11.5 Å². The quantitative estimate of drug-likeness (QED) is 0.804. The minimum atomic E-state index is -0.924. The molecule has 1 aliphatic heterocycles. The fourth-order valence-electron chi connectivity index (χ4n) is 3.34. The lowest BCUT2D eigenvalue weighted by Gasteiger charge is -2.38. The first-order chi connectivity index (χ1) is 12.3. The molecular formula is C20H29NO5. The van der Waals surface area contributed by atoms with Crippen LogP contribution in [0.1, 0.15) is 50.8 Å². The van der Waals surface area contributed by atoms with Gasteiger partial charge in [0.05, 0.1) is 26.7 Å². The molecule has 6 heteroatoms. The number of aliphatic carboxylic acids is 1. The minimum Gasteiger partial charge on any atom is -0.493 e. The van der Waals surface area contributed by atoms with Crippen molar-refractivity contribution in [1.29, 1.82) is 0 Å². The van der Waals surface area contributed by atoms with E-state index in [0.717, 1.165) is 11.1 Å². The van der Waals surface area contributed by atoms with Crippen molar-refractivity contribution in [3.8, 4) is 11.5 Å². The Bertz CT molecular complexity index is 670. The monoisotopic (exact) mass is 363 g/mol. The zero-order valence-corrected chi connectivity index (χ0v) is 16.2. The average molecular weight is 363 g/mol. The van der Waals surface area contributed by atoms with Crippen LogP contribution < -0.4 is 9.47 Å². The highest BCUT2D eigenvalue weighted by Crippen LogP contribution is 2.40. The van der Waals surface area contributed by atoms with Crippen molar-refractivity contribution >= 4 is 11.9 Å². The number of benzene rings is 1. The van der Waals surface area contributed by atoms with Gasteiger partial charge in [0.25, 0.3) is 0 Å². The summed E-state index contributed by atoms with van der Waals surface area (Å²) >= 11 is 0. The van der Waals surface area contributed by atoms with Gasteiger partial charge >= 0.3 is 5.97 Å². The number of carboxylic acids is 1. The maximum absolute atomic E-state index is 12.9. The molecule has 1 heterocycles. The molecule has 0 bridgehead atoms. The second-order valence-electron chi connectivity index (χ2n) is 7.28. The summed E-state index contributed by atoms with van der Waals surface area (Å²) in [5, 5.41) is 9.39. The van der Waals surface area contributed by atoms with Crippen LogP contribution in [0.15, 0.2) is 12.1 Å². The van der Waals surface area contributed by atoms with E-state index in [-0.39, 0.29) is 18.2 Å². The molecule has 2 rings (SSSR count). The number of carboxylic acid groups (broad SMARTS) is 1. The maximum Gasteiger partial charge on any atom is 0.305 e. The standard InChI is InChI=1S/C20H29NO5/c1-12(2)13(3)8-19(22)21-7-6-14-9-17(25-4)18(26-5)10-15(14)16(21)11-20(23)24/h9-10,12-13,16H,6-8,11H2,1-5H3,(H,23,24). The number of carbonyl (C=O) groups excluding carboxylic acids is 1. The topological polar surface area (TPSA) is 76.1 Å². The molecule has 0 spiro atoms. The Hall–Kier alpha value is -2.24. The molecule has 0 saturated heterocycles. The predicted molar refractivity (Wildman–Crippen MR) is 98.6 cm³/mol. The fourth-order valence-corrected chi connectivity index (χ4v) is 3.34. The highest BCUT2D eigenvalue weighted by Gasteiger charge is 2.34. The fraction of sp³-hybridized carbons (Fsp3) is 0.600. The number of hydrogen-bond donors (Lipinski definition) is 1. The molecule has 1 N–H and O–H groups in total. The number of nitrogens with zero attached hydrogens (tertiary/aromatic N) is 1. The average Bonchev–Trinajstić information content (AvgIpc) is 2.59. The van der Waals surface area contributed by atoms with Gasteiger partial charge in [0.2, 0.25) is 5.91 Å². The molecular weight excluding hydrogens is 334 g/mol. The third kappa shape index (κ3) is 4.29. The molecule has 0 aromatic heterocycles. The van der Waals surface area contributed by atoms with Crippen molar-refractivity contribution in [2.24, 2.45) is 11.8 Å². The van der Waals surface area contributed by atoms with E-state index in [1.165, 1.54) is 0 Å². The SMILES string of the molecule is COc1cc2c(cc1OC)C(CC(=O)O)N(C(=O)CC(C)C(C)C)CC2. The van der Waals surface area contributed by atoms with Gasteiger partial charge in [0, 0.05) is 13.0 Å². The Morgan fingerprint density at radius 2 is 1.81 bits per heavy atom. The Labute approximate surface area is 155 Å². The summed E-state index contributed by atoms with van der Waals surface area (Å²) in [6.45, 7) is 6.76. The van der Waals surface area contributed by atoms with Crippen molar-refractivity contribution in [3.63, 3.8) is 0 Å². The Morgan fingerprint density at radius 1 is 1.19 bits per heavy atom. The lowest BCUT2D eigenvalue weighted by atomic mass is 9.88. The van der Waals surface area contributed by atoms with Gasteiger partial charge < -0.3 is 19.5 Å². The largest absolute Gasteiger partial charge is 0.493 e. The van der Waals surface area contributed by atoms with E-state index in [9.17, 15) is 14.7 Å². The molecule has 6 nitrogen and oxygen atoms in total. The summed E-state index contributed by atoms with van der Waals surface area (Å²) in [4.78, 5) is 26.1. The zero-order valence-electron chi connectivity index (χ0n) is 16.2. The van der Waals surface area contributed by atoms with Gasteiger partial charge in [-0.15, -0.1) is 0 Å². The molecule has 1 aromatic rings. The van der Waals surface area contributed by atoms with Crippen LogP contribution >= 0.6 is 0 Å². The van der Waals surface area contributed by atoms with Crippen LogP contribution in [-0.2, 0) is 16.0 Å². The van der Waals surface area contributed by atoms with Gasteiger partial charge in [-0.1, -0.05) is 20.8 Å². The number of ether oxygens (including phenoxy) is 2. The molecule has 1 aliphatic rings. The summed E-state index contributed by atoms with van der Waals surface area (Å²) in [5.41, 5.74) is 1.84. The lowest BCUT2D eigenvalue weighted by Crippen LogP contribution is -2.41. The molecule has 2 unspecified atom stereocenters. The molecule has 0 fully saturated rings. The molecule has 0 radical (unpaired) electrons. The normalized spacial score (nSPS) is 17.6. The van der Waals surface area contributed by atoms with Gasteiger partial charge in [0.15, 0.2) is 11.5 Å². The van der Waals surface area contributed by atoms with E-state index in [0.29, 0.717) is 36.8 Å². The van der Waals surface area contributed by atoms with E-state index in [2.05, 4.69) is 20.8 Å². The molecule has 2 atom stereocenters. The summed E-state index contributed by atoms with van der Waals surface area (Å²) in [6, 6.07) is 3.22. The van der Waals surface area contributed by atoms with Crippen molar-refractivity contribution in [1.82, 2.24) is 4.90 Å². The third-order valence-electron chi connectivity index (χ3n) is 5.33. The van der Waals surface area contributed by atoms with E-state index < -0.39 is 12.0 Å². The second kappa shape index (κ2) is 8.43. The Morgan fingerprint density at radius 3 is 2.35 bits per heavy atom. The molecule has 0 saturated carbocycles. The number of hydrogen-bond acceptors (Lipinski definition) is 4. The van der Waals surface area contributed by atoms with Gasteiger partial charge in [-0.05, 0) is 41.5 Å². The van der Waals surface area contributed by atoms with Crippen LogP contribution in [0, 0.1) is 11.8 Å². The van der Waals surface area contributed by atoms with E-state index >= 15 is 0 Å². The molecule has 1 aromatic carbocycles. The van der Waals surface area contributed by atoms with Gasteiger partial charge in [-0.25, -0.2) is 0 Å². The summed E-state index contributed by atoms with van der Waals surface area (Å²) in [5.74, 6) is 0.906. The van der Waals surface area contributed by atoms with Crippen LogP contribution in [0.2, 0.25) is 0 Å². The van der Waals surface area contributed by atoms with Crippen molar-refractivity contribution in [3.05, 3.63) is 23.3 Å². The minimum absolute atomic E-state index is 0.0119. The molecule has 26 heavy (non-hydrogen) atoms. The first-order valence-electron chi connectivity index (χ1n) is 9.04. The lowest BCUT2D eigenvalue weighted by molar-refractivity contribution is -0.141. The Balaban J connectivity index is 2.38. The van der Waals surface area contributed by atoms with Crippen LogP contribution in [0.25, 0.3) is 0 Å². The van der Waals surface area contributed by atoms with Crippen LogP contribution in [0.4, 0.5) is 0 Å². The maximum atomic E-state index is 12.9. The Kier molecular flexibility index (Phi) is 6.51. The number of carbonyl (C=O) groups is 2. The number of rotatable bonds is 7. The van der Waals surface area contributed by atoms with Crippen LogP contribution in [0.3, 0.4) is 0 Å². The number of methoxy groups -OCH3 is 2. The highest BCUT2D eigenvalue weighted by molar-refractivity contribution is 5.79. The van der Waals surface area contributed by atoms with E-state index in [4.69, 9.17) is 9.47 Å². The molecule has 1 amide bonds. The van der Waals surface area contributed by atoms with Gasteiger partial charge in [-0.3, -0.25) is 9.59 Å². The zero-order chi connectivity index (χ0) is 19.4. The smallest absolute Gasteiger partial charge is 0.305 e. The van der Waals surface area contributed by atoms with Gasteiger partial charge in [0.1, 0.15) is 0 Å². The first kappa shape index (κ1) is 20.1. The van der Waals surface area contributed by atoms with Crippen molar-refractivity contribution < 1.29 is 24.2 Å². The van der Waals surface area contributed by atoms with Crippen LogP contribution in [-0.4, -0.2) is 42.6 Å². The van der Waals surface area contributed by atoms with Gasteiger partial charge in [-0.2, -0.15) is 0 Å². The molecule has 144 valence electrons. The highest BCUT2D eigenvalue weighted by atomic mass is 16.5. The predicted octanol–water partition coefficient (Wildman–Crippen LogP) is 3.29. The number of fused-ring (bicyclic) bond motifs is 1.